The number of halogens is 1. The van der Waals surface area contributed by atoms with Crippen molar-refractivity contribution in [3.8, 4) is 11.5 Å². The van der Waals surface area contributed by atoms with E-state index in [1.165, 1.54) is 0 Å². The van der Waals surface area contributed by atoms with Crippen molar-refractivity contribution in [1.29, 1.82) is 0 Å². The Balaban J connectivity index is 1.78. The first-order valence-electron chi connectivity index (χ1n) is 10.7. The van der Waals surface area contributed by atoms with Gasteiger partial charge in [0.2, 0.25) is 0 Å². The lowest BCUT2D eigenvalue weighted by molar-refractivity contribution is 0.102. The maximum Gasteiger partial charge on any atom is 0.259 e. The zero-order chi connectivity index (χ0) is 23.8. The van der Waals surface area contributed by atoms with Gasteiger partial charge in [0.1, 0.15) is 11.5 Å². The molecule has 33 heavy (non-hydrogen) atoms. The number of benzene rings is 3. The van der Waals surface area contributed by atoms with Gasteiger partial charge in [0.05, 0.1) is 30.0 Å². The number of para-hydroxylation sites is 1. The van der Waals surface area contributed by atoms with Crippen LogP contribution in [0.15, 0.2) is 71.2 Å². The second-order valence-corrected chi connectivity index (χ2v) is 8.67. The van der Waals surface area contributed by atoms with E-state index in [0.717, 1.165) is 10.2 Å². The predicted molar refractivity (Wildman–Crippen MR) is 134 cm³/mol. The van der Waals surface area contributed by atoms with Crippen molar-refractivity contribution in [2.75, 3.05) is 23.8 Å². The van der Waals surface area contributed by atoms with Crippen LogP contribution in [0.1, 0.15) is 41.5 Å². The highest BCUT2D eigenvalue weighted by atomic mass is 79.9. The highest BCUT2D eigenvalue weighted by Gasteiger charge is 2.18. The minimum Gasteiger partial charge on any atom is -0.494 e. The standard InChI is InChI=1S/C26H27BrN2O4/c1-4-32-20-12-10-19(11-13-20)28-25(30)21-7-5-6-8-23(21)29-26(31)22-15-18(27)9-14-24(22)33-16-17(2)3/h5-15,17H,4,16H2,1-3H3,(H,28,30)(H,29,31). The summed E-state index contributed by atoms with van der Waals surface area (Å²) in [4.78, 5) is 26.0. The number of ether oxygens (including phenoxy) is 2. The molecule has 0 aromatic heterocycles. The van der Waals surface area contributed by atoms with Gasteiger partial charge in [0.25, 0.3) is 11.8 Å². The summed E-state index contributed by atoms with van der Waals surface area (Å²) < 4.78 is 12.0. The zero-order valence-corrected chi connectivity index (χ0v) is 20.4. The van der Waals surface area contributed by atoms with Gasteiger partial charge in [-0.2, -0.15) is 0 Å². The lowest BCUT2D eigenvalue weighted by Gasteiger charge is -2.15. The molecule has 0 heterocycles. The molecule has 0 fully saturated rings. The highest BCUT2D eigenvalue weighted by molar-refractivity contribution is 9.10. The summed E-state index contributed by atoms with van der Waals surface area (Å²) in [5, 5.41) is 5.71. The third-order valence-corrected chi connectivity index (χ3v) is 5.09. The normalized spacial score (nSPS) is 10.6. The number of hydrogen-bond acceptors (Lipinski definition) is 4. The number of hydrogen-bond donors (Lipinski definition) is 2. The van der Waals surface area contributed by atoms with Gasteiger partial charge in [-0.3, -0.25) is 9.59 Å². The van der Waals surface area contributed by atoms with Gasteiger partial charge in [0, 0.05) is 10.2 Å². The van der Waals surface area contributed by atoms with Crippen LogP contribution >= 0.6 is 15.9 Å². The Morgan fingerprint density at radius 3 is 2.27 bits per heavy atom. The molecule has 2 N–H and O–H groups in total. The number of rotatable bonds is 9. The molecule has 0 aliphatic heterocycles. The van der Waals surface area contributed by atoms with Gasteiger partial charge in [-0.25, -0.2) is 0 Å². The number of nitrogens with one attached hydrogen (secondary N) is 2. The summed E-state index contributed by atoms with van der Waals surface area (Å²) in [6, 6.07) is 19.3. The summed E-state index contributed by atoms with van der Waals surface area (Å²) in [5.74, 6) is 0.835. The number of anilines is 2. The van der Waals surface area contributed by atoms with Crippen LogP contribution in [-0.4, -0.2) is 25.0 Å². The van der Waals surface area contributed by atoms with Gasteiger partial charge in [-0.15, -0.1) is 0 Å². The molecule has 6 nitrogen and oxygen atoms in total. The monoisotopic (exact) mass is 510 g/mol. The summed E-state index contributed by atoms with van der Waals surface area (Å²) >= 11 is 3.41. The van der Waals surface area contributed by atoms with Crippen molar-refractivity contribution < 1.29 is 19.1 Å². The molecule has 0 aliphatic rings. The lowest BCUT2D eigenvalue weighted by atomic mass is 10.1. The average molecular weight is 511 g/mol. The van der Waals surface area contributed by atoms with Crippen LogP contribution in [0.25, 0.3) is 0 Å². The summed E-state index contributed by atoms with van der Waals surface area (Å²) in [7, 11) is 0. The van der Waals surface area contributed by atoms with Crippen molar-refractivity contribution in [3.05, 3.63) is 82.3 Å². The topological polar surface area (TPSA) is 76.7 Å². The van der Waals surface area contributed by atoms with Crippen LogP contribution < -0.4 is 20.1 Å². The molecule has 0 saturated heterocycles. The molecule has 0 unspecified atom stereocenters. The van der Waals surface area contributed by atoms with Gasteiger partial charge in [-0.05, 0) is 67.4 Å². The largest absolute Gasteiger partial charge is 0.494 e. The lowest BCUT2D eigenvalue weighted by Crippen LogP contribution is -2.19. The van der Waals surface area contributed by atoms with E-state index < -0.39 is 0 Å². The van der Waals surface area contributed by atoms with Crippen molar-refractivity contribution in [2.45, 2.75) is 20.8 Å². The van der Waals surface area contributed by atoms with Crippen LogP contribution in [0.2, 0.25) is 0 Å². The highest BCUT2D eigenvalue weighted by Crippen LogP contribution is 2.26. The summed E-state index contributed by atoms with van der Waals surface area (Å²) in [6.45, 7) is 7.05. The molecule has 0 atom stereocenters. The first kappa shape index (κ1) is 24.3. The molecule has 172 valence electrons. The summed E-state index contributed by atoms with van der Waals surface area (Å²) in [6.07, 6.45) is 0. The minimum atomic E-state index is -0.364. The van der Waals surface area contributed by atoms with E-state index in [-0.39, 0.29) is 11.8 Å². The molecule has 3 aromatic carbocycles. The summed E-state index contributed by atoms with van der Waals surface area (Å²) in [5.41, 5.74) is 1.76. The molecule has 0 bridgehead atoms. The molecule has 2 amide bonds. The van der Waals surface area contributed by atoms with E-state index in [0.29, 0.717) is 47.4 Å². The van der Waals surface area contributed by atoms with Gasteiger partial charge < -0.3 is 20.1 Å². The maximum atomic E-state index is 13.1. The second-order valence-electron chi connectivity index (χ2n) is 7.76. The Bertz CT molecular complexity index is 1110. The first-order valence-corrected chi connectivity index (χ1v) is 11.5. The van der Waals surface area contributed by atoms with E-state index >= 15 is 0 Å². The Kier molecular flexibility index (Phi) is 8.49. The second kappa shape index (κ2) is 11.5. The minimum absolute atomic E-state index is 0.316. The fraction of sp³-hybridized carbons (Fsp3) is 0.231. The quantitative estimate of drug-likeness (QED) is 0.349. The van der Waals surface area contributed by atoms with Crippen LogP contribution in [0.3, 0.4) is 0 Å². The van der Waals surface area contributed by atoms with Gasteiger partial charge in [-0.1, -0.05) is 41.9 Å². The van der Waals surface area contributed by atoms with Gasteiger partial charge in [0.15, 0.2) is 0 Å². The molecule has 0 saturated carbocycles. The van der Waals surface area contributed by atoms with E-state index in [1.807, 2.05) is 26.8 Å². The Labute approximate surface area is 202 Å². The average Bonchev–Trinajstić information content (AvgIpc) is 2.80. The Hall–Kier alpha value is -3.32. The van der Waals surface area contributed by atoms with E-state index in [1.54, 1.807) is 60.7 Å². The Morgan fingerprint density at radius 2 is 1.58 bits per heavy atom. The van der Waals surface area contributed by atoms with E-state index in [9.17, 15) is 9.59 Å². The predicted octanol–water partition coefficient (Wildman–Crippen LogP) is 6.39. The van der Waals surface area contributed by atoms with Crippen molar-refractivity contribution in [2.24, 2.45) is 5.92 Å². The molecular formula is C26H27BrN2O4. The van der Waals surface area contributed by atoms with Crippen LogP contribution in [0.5, 0.6) is 11.5 Å². The van der Waals surface area contributed by atoms with Crippen LogP contribution in [0.4, 0.5) is 11.4 Å². The van der Waals surface area contributed by atoms with Crippen LogP contribution in [-0.2, 0) is 0 Å². The molecule has 7 heteroatoms. The van der Waals surface area contributed by atoms with Crippen molar-refractivity contribution >= 4 is 39.1 Å². The maximum absolute atomic E-state index is 13.1. The molecular weight excluding hydrogens is 484 g/mol. The SMILES string of the molecule is CCOc1ccc(NC(=O)c2ccccc2NC(=O)c2cc(Br)ccc2OCC(C)C)cc1. The number of carbonyl (C=O) groups excluding carboxylic acids is 2. The van der Waals surface area contributed by atoms with Crippen LogP contribution in [0, 0.1) is 5.92 Å². The molecule has 0 aliphatic carbocycles. The van der Waals surface area contributed by atoms with Crippen molar-refractivity contribution in [1.82, 2.24) is 0 Å². The van der Waals surface area contributed by atoms with Gasteiger partial charge >= 0.3 is 0 Å². The molecule has 0 radical (unpaired) electrons. The Morgan fingerprint density at radius 1 is 0.879 bits per heavy atom. The van der Waals surface area contributed by atoms with Crippen molar-refractivity contribution in [3.63, 3.8) is 0 Å². The number of amides is 2. The fourth-order valence-corrected chi connectivity index (χ4v) is 3.40. The molecule has 3 rings (SSSR count). The fourth-order valence-electron chi connectivity index (χ4n) is 3.04. The first-order chi connectivity index (χ1) is 15.9. The zero-order valence-electron chi connectivity index (χ0n) is 18.9. The number of carbonyl (C=O) groups is 2. The van der Waals surface area contributed by atoms with E-state index in [2.05, 4.69) is 26.6 Å². The smallest absolute Gasteiger partial charge is 0.259 e. The third kappa shape index (κ3) is 6.83. The molecule has 0 spiro atoms. The third-order valence-electron chi connectivity index (χ3n) is 4.60. The molecule has 3 aromatic rings. The van der Waals surface area contributed by atoms with E-state index in [4.69, 9.17) is 9.47 Å².